The van der Waals surface area contributed by atoms with Gasteiger partial charge in [-0.1, -0.05) is 31.0 Å². The van der Waals surface area contributed by atoms with Crippen LogP contribution in [0.2, 0.25) is 0 Å². The maximum Gasteiger partial charge on any atom is 0.306 e. The van der Waals surface area contributed by atoms with E-state index in [0.29, 0.717) is 18.0 Å². The van der Waals surface area contributed by atoms with Gasteiger partial charge in [0, 0.05) is 12.1 Å². The van der Waals surface area contributed by atoms with Crippen molar-refractivity contribution in [1.82, 2.24) is 0 Å². The Balaban J connectivity index is 1.77. The molecule has 1 amide bonds. The molecule has 1 aliphatic carbocycles. The summed E-state index contributed by atoms with van der Waals surface area (Å²) in [6, 6.07) is 9.15. The average molecular weight is 275 g/mol. The molecule has 2 rings (SSSR count). The van der Waals surface area contributed by atoms with Gasteiger partial charge in [-0.15, -0.1) is 0 Å². The van der Waals surface area contributed by atoms with Crippen LogP contribution in [0, 0.1) is 5.92 Å². The molecule has 1 aromatic rings. The first-order chi connectivity index (χ1) is 9.65. The zero-order valence-corrected chi connectivity index (χ0v) is 11.8. The third-order valence-electron chi connectivity index (χ3n) is 3.65. The fraction of sp³-hybridized carbons (Fsp3) is 0.500. The van der Waals surface area contributed by atoms with Gasteiger partial charge in [0.05, 0.1) is 0 Å². The normalized spacial score (nSPS) is 16.6. The van der Waals surface area contributed by atoms with Crippen LogP contribution in [-0.4, -0.2) is 18.0 Å². The molecular formula is C16H21NO3. The summed E-state index contributed by atoms with van der Waals surface area (Å²) in [5.74, 6) is -0.129. The first-order valence-electron chi connectivity index (χ1n) is 7.20. The lowest BCUT2D eigenvalue weighted by Crippen LogP contribution is -2.30. The van der Waals surface area contributed by atoms with E-state index in [9.17, 15) is 9.59 Å². The van der Waals surface area contributed by atoms with Crippen LogP contribution in [0.3, 0.4) is 0 Å². The second-order valence-corrected chi connectivity index (χ2v) is 5.34. The van der Waals surface area contributed by atoms with Crippen LogP contribution in [-0.2, 0) is 14.3 Å². The van der Waals surface area contributed by atoms with E-state index in [-0.39, 0.29) is 11.9 Å². The highest BCUT2D eigenvalue weighted by molar-refractivity contribution is 5.95. The molecule has 0 aliphatic heterocycles. The Morgan fingerprint density at radius 3 is 2.55 bits per heavy atom. The third-order valence-corrected chi connectivity index (χ3v) is 3.65. The van der Waals surface area contributed by atoms with E-state index in [0.717, 1.165) is 12.8 Å². The Bertz CT molecular complexity index is 452. The van der Waals surface area contributed by atoms with Gasteiger partial charge < -0.3 is 10.1 Å². The molecule has 108 valence electrons. The fourth-order valence-electron chi connectivity index (χ4n) is 2.51. The van der Waals surface area contributed by atoms with Crippen molar-refractivity contribution in [3.63, 3.8) is 0 Å². The number of para-hydroxylation sites is 1. The topological polar surface area (TPSA) is 55.4 Å². The number of rotatable bonds is 5. The molecule has 0 bridgehead atoms. The van der Waals surface area contributed by atoms with Gasteiger partial charge in [-0.25, -0.2) is 0 Å². The largest absolute Gasteiger partial charge is 0.453 e. The molecular weight excluding hydrogens is 254 g/mol. The van der Waals surface area contributed by atoms with Crippen molar-refractivity contribution in [1.29, 1.82) is 0 Å². The van der Waals surface area contributed by atoms with Crippen molar-refractivity contribution in [2.24, 2.45) is 5.92 Å². The van der Waals surface area contributed by atoms with Crippen LogP contribution in [0.25, 0.3) is 0 Å². The van der Waals surface area contributed by atoms with E-state index in [1.807, 2.05) is 18.2 Å². The molecule has 0 unspecified atom stereocenters. The zero-order valence-electron chi connectivity index (χ0n) is 11.8. The van der Waals surface area contributed by atoms with Crippen molar-refractivity contribution in [2.45, 2.75) is 45.1 Å². The number of hydrogen-bond acceptors (Lipinski definition) is 3. The summed E-state index contributed by atoms with van der Waals surface area (Å²) < 4.78 is 5.20. The smallest absolute Gasteiger partial charge is 0.306 e. The average Bonchev–Trinajstić information content (AvgIpc) is 2.92. The molecule has 0 aromatic heterocycles. The van der Waals surface area contributed by atoms with Crippen molar-refractivity contribution < 1.29 is 14.3 Å². The Morgan fingerprint density at radius 1 is 1.25 bits per heavy atom. The quantitative estimate of drug-likeness (QED) is 0.840. The lowest BCUT2D eigenvalue weighted by Gasteiger charge is -2.15. The summed E-state index contributed by atoms with van der Waals surface area (Å²) >= 11 is 0. The summed E-state index contributed by atoms with van der Waals surface area (Å²) in [4.78, 5) is 23.7. The molecule has 4 nitrogen and oxygen atoms in total. The highest BCUT2D eigenvalue weighted by Gasteiger charge is 2.22. The number of benzene rings is 1. The second-order valence-electron chi connectivity index (χ2n) is 5.34. The third kappa shape index (κ3) is 4.37. The van der Waals surface area contributed by atoms with Gasteiger partial charge in [0.2, 0.25) is 0 Å². The van der Waals surface area contributed by atoms with Gasteiger partial charge in [-0.3, -0.25) is 9.59 Å². The van der Waals surface area contributed by atoms with Crippen molar-refractivity contribution >= 4 is 17.6 Å². The maximum atomic E-state index is 11.9. The molecule has 0 heterocycles. The fourth-order valence-corrected chi connectivity index (χ4v) is 2.51. The molecule has 1 atom stereocenters. The van der Waals surface area contributed by atoms with E-state index in [1.54, 1.807) is 19.1 Å². The summed E-state index contributed by atoms with van der Waals surface area (Å²) in [6.45, 7) is 1.60. The van der Waals surface area contributed by atoms with Crippen LogP contribution >= 0.6 is 0 Å². The molecule has 1 N–H and O–H groups in total. The van der Waals surface area contributed by atoms with E-state index in [1.165, 1.54) is 12.8 Å². The second kappa shape index (κ2) is 7.08. The first kappa shape index (κ1) is 14.6. The molecule has 20 heavy (non-hydrogen) atoms. The van der Waals surface area contributed by atoms with Crippen LogP contribution in [0.5, 0.6) is 0 Å². The number of hydrogen-bond donors (Lipinski definition) is 1. The molecule has 1 saturated carbocycles. The number of carbonyl (C=O) groups excluding carboxylic acids is 2. The van der Waals surface area contributed by atoms with Gasteiger partial charge in [0.1, 0.15) is 0 Å². The van der Waals surface area contributed by atoms with Gasteiger partial charge >= 0.3 is 5.97 Å². The minimum absolute atomic E-state index is 0.271. The molecule has 0 radical (unpaired) electrons. The number of ether oxygens (including phenoxy) is 1. The van der Waals surface area contributed by atoms with Crippen LogP contribution in [0.4, 0.5) is 5.69 Å². The summed E-state index contributed by atoms with van der Waals surface area (Å²) in [7, 11) is 0. The Kier molecular flexibility index (Phi) is 5.16. The maximum absolute atomic E-state index is 11.9. The van der Waals surface area contributed by atoms with E-state index >= 15 is 0 Å². The standard InChI is InChI=1S/C16H21NO3/c1-12(16(19)17-14-9-3-2-4-10-14)20-15(18)11-13-7-5-6-8-13/h2-4,9-10,12-13H,5-8,11H2,1H3,(H,17,19)/t12-/m1/s1. The molecule has 1 aromatic carbocycles. The minimum atomic E-state index is -0.760. The van der Waals surface area contributed by atoms with Gasteiger partial charge in [-0.2, -0.15) is 0 Å². The van der Waals surface area contributed by atoms with Gasteiger partial charge in [0.25, 0.3) is 5.91 Å². The zero-order chi connectivity index (χ0) is 14.4. The van der Waals surface area contributed by atoms with Crippen LogP contribution in [0.1, 0.15) is 39.0 Å². The Morgan fingerprint density at radius 2 is 1.90 bits per heavy atom. The van der Waals surface area contributed by atoms with Crippen LogP contribution in [0.15, 0.2) is 30.3 Å². The van der Waals surface area contributed by atoms with Crippen molar-refractivity contribution in [2.75, 3.05) is 5.32 Å². The highest BCUT2D eigenvalue weighted by atomic mass is 16.5. The predicted molar refractivity (Wildman–Crippen MR) is 77.2 cm³/mol. The van der Waals surface area contributed by atoms with E-state index < -0.39 is 6.10 Å². The summed E-state index contributed by atoms with van der Waals surface area (Å²) in [5, 5.41) is 2.72. The Hall–Kier alpha value is -1.84. The first-order valence-corrected chi connectivity index (χ1v) is 7.20. The van der Waals surface area contributed by atoms with Gasteiger partial charge in [0.15, 0.2) is 6.10 Å². The highest BCUT2D eigenvalue weighted by Crippen LogP contribution is 2.27. The summed E-state index contributed by atoms with van der Waals surface area (Å²) in [6.07, 6.45) is 4.26. The molecule has 4 heteroatoms. The summed E-state index contributed by atoms with van der Waals surface area (Å²) in [5.41, 5.74) is 0.705. The monoisotopic (exact) mass is 275 g/mol. The molecule has 0 saturated heterocycles. The molecule has 0 spiro atoms. The number of esters is 1. The van der Waals surface area contributed by atoms with Gasteiger partial charge in [-0.05, 0) is 37.8 Å². The van der Waals surface area contributed by atoms with Crippen molar-refractivity contribution in [3.05, 3.63) is 30.3 Å². The van der Waals surface area contributed by atoms with E-state index in [4.69, 9.17) is 4.74 Å². The number of carbonyl (C=O) groups is 2. The lowest BCUT2D eigenvalue weighted by atomic mass is 10.0. The molecule has 1 aliphatic rings. The van der Waals surface area contributed by atoms with Crippen LogP contribution < -0.4 is 5.32 Å². The Labute approximate surface area is 119 Å². The lowest BCUT2D eigenvalue weighted by molar-refractivity contribution is -0.154. The number of nitrogens with one attached hydrogen (secondary N) is 1. The SMILES string of the molecule is C[C@@H](OC(=O)CC1CCCC1)C(=O)Nc1ccccc1. The van der Waals surface area contributed by atoms with E-state index in [2.05, 4.69) is 5.32 Å². The number of amides is 1. The molecule has 1 fully saturated rings. The minimum Gasteiger partial charge on any atom is -0.453 e. The van der Waals surface area contributed by atoms with Crippen molar-refractivity contribution in [3.8, 4) is 0 Å². The number of anilines is 1. The predicted octanol–water partition coefficient (Wildman–Crippen LogP) is 3.14.